The lowest BCUT2D eigenvalue weighted by molar-refractivity contribution is 0.0951. The lowest BCUT2D eigenvalue weighted by Crippen LogP contribution is -2.22. The van der Waals surface area contributed by atoms with Crippen molar-refractivity contribution in [1.82, 2.24) is 5.32 Å². The highest BCUT2D eigenvalue weighted by molar-refractivity contribution is 7.98. The van der Waals surface area contributed by atoms with Crippen molar-refractivity contribution in [3.63, 3.8) is 0 Å². The molecule has 0 heterocycles. The molecule has 0 unspecified atom stereocenters. The van der Waals surface area contributed by atoms with E-state index in [-0.39, 0.29) is 5.91 Å². The van der Waals surface area contributed by atoms with Gasteiger partial charge < -0.3 is 10.1 Å². The Morgan fingerprint density at radius 3 is 2.44 bits per heavy atom. The second kappa shape index (κ2) is 9.83. The summed E-state index contributed by atoms with van der Waals surface area (Å²) in [6.45, 7) is 3.06. The van der Waals surface area contributed by atoms with Gasteiger partial charge >= 0.3 is 0 Å². The smallest absolute Gasteiger partial charge is 0.251 e. The number of hydrogen-bond donors (Lipinski definition) is 1. The summed E-state index contributed by atoms with van der Waals surface area (Å²) in [5, 5.41) is 2.96. The fourth-order valence-corrected chi connectivity index (χ4v) is 3.51. The van der Waals surface area contributed by atoms with E-state index in [1.165, 1.54) is 10.5 Å². The van der Waals surface area contributed by atoms with Crippen LogP contribution in [0.15, 0.2) is 83.8 Å². The minimum Gasteiger partial charge on any atom is -0.494 e. The molecule has 0 aliphatic heterocycles. The van der Waals surface area contributed by atoms with Gasteiger partial charge in [0.05, 0.1) is 6.61 Å². The summed E-state index contributed by atoms with van der Waals surface area (Å²) in [6, 6.07) is 25.9. The van der Waals surface area contributed by atoms with Crippen molar-refractivity contribution in [3.8, 4) is 5.75 Å². The molecule has 3 aromatic rings. The SMILES string of the molecule is CCOc1cccc(CNC(=O)c2ccc(CSc3ccccc3)cc2)c1. The topological polar surface area (TPSA) is 38.3 Å². The highest BCUT2D eigenvalue weighted by Crippen LogP contribution is 2.22. The molecule has 1 amide bonds. The third-order valence-corrected chi connectivity index (χ3v) is 5.11. The first-order chi connectivity index (χ1) is 13.2. The Kier molecular flexibility index (Phi) is 6.94. The predicted octanol–water partition coefficient (Wildman–Crippen LogP) is 5.31. The molecule has 138 valence electrons. The number of ether oxygens (including phenoxy) is 1. The van der Waals surface area contributed by atoms with Gasteiger partial charge in [0.15, 0.2) is 0 Å². The quantitative estimate of drug-likeness (QED) is 0.541. The summed E-state index contributed by atoms with van der Waals surface area (Å²) >= 11 is 1.79. The molecule has 0 spiro atoms. The molecule has 3 rings (SSSR count). The summed E-state index contributed by atoms with van der Waals surface area (Å²) < 4.78 is 5.49. The van der Waals surface area contributed by atoms with Crippen LogP contribution in [0.4, 0.5) is 0 Å². The molecule has 3 aromatic carbocycles. The summed E-state index contributed by atoms with van der Waals surface area (Å²) in [6.07, 6.45) is 0. The monoisotopic (exact) mass is 377 g/mol. The van der Waals surface area contributed by atoms with Crippen molar-refractivity contribution in [1.29, 1.82) is 0 Å². The Hall–Kier alpha value is -2.72. The average molecular weight is 378 g/mol. The molecule has 1 N–H and O–H groups in total. The molecule has 0 radical (unpaired) electrons. The standard InChI is InChI=1S/C23H23NO2S/c1-2-26-21-8-6-7-19(15-21)16-24-23(25)20-13-11-18(12-14-20)17-27-22-9-4-3-5-10-22/h3-15H,2,16-17H2,1H3,(H,24,25). The maximum Gasteiger partial charge on any atom is 0.251 e. The zero-order chi connectivity index (χ0) is 18.9. The van der Waals surface area contributed by atoms with E-state index >= 15 is 0 Å². The van der Waals surface area contributed by atoms with Crippen LogP contribution in [0.5, 0.6) is 5.75 Å². The Morgan fingerprint density at radius 1 is 0.926 bits per heavy atom. The average Bonchev–Trinajstić information content (AvgIpc) is 2.72. The summed E-state index contributed by atoms with van der Waals surface area (Å²) in [7, 11) is 0. The van der Waals surface area contributed by atoms with Crippen LogP contribution in [-0.2, 0) is 12.3 Å². The van der Waals surface area contributed by atoms with Crippen molar-refractivity contribution in [3.05, 3.63) is 95.6 Å². The Morgan fingerprint density at radius 2 is 1.70 bits per heavy atom. The van der Waals surface area contributed by atoms with E-state index in [0.717, 1.165) is 17.1 Å². The summed E-state index contributed by atoms with van der Waals surface area (Å²) in [5.41, 5.74) is 2.89. The third-order valence-electron chi connectivity index (χ3n) is 4.03. The first kappa shape index (κ1) is 19.1. The number of hydrogen-bond acceptors (Lipinski definition) is 3. The Balaban J connectivity index is 1.52. The van der Waals surface area contributed by atoms with E-state index in [0.29, 0.717) is 18.7 Å². The van der Waals surface area contributed by atoms with Crippen LogP contribution < -0.4 is 10.1 Å². The van der Waals surface area contributed by atoms with Crippen molar-refractivity contribution in [2.75, 3.05) is 6.61 Å². The van der Waals surface area contributed by atoms with Crippen LogP contribution in [0.3, 0.4) is 0 Å². The van der Waals surface area contributed by atoms with Crippen LogP contribution in [0.25, 0.3) is 0 Å². The fourth-order valence-electron chi connectivity index (χ4n) is 2.63. The molecule has 0 bridgehead atoms. The molecule has 0 atom stereocenters. The first-order valence-electron chi connectivity index (χ1n) is 9.01. The van der Waals surface area contributed by atoms with Crippen molar-refractivity contribution in [2.45, 2.75) is 24.1 Å². The zero-order valence-electron chi connectivity index (χ0n) is 15.4. The van der Waals surface area contributed by atoms with E-state index in [1.54, 1.807) is 11.8 Å². The van der Waals surface area contributed by atoms with Gasteiger partial charge in [0.2, 0.25) is 0 Å². The molecule has 3 nitrogen and oxygen atoms in total. The predicted molar refractivity (Wildman–Crippen MR) is 111 cm³/mol. The van der Waals surface area contributed by atoms with Gasteiger partial charge in [-0.2, -0.15) is 0 Å². The molecule has 0 saturated carbocycles. The second-order valence-electron chi connectivity index (χ2n) is 6.06. The number of nitrogens with one attached hydrogen (secondary N) is 1. The zero-order valence-corrected chi connectivity index (χ0v) is 16.2. The number of carbonyl (C=O) groups excluding carboxylic acids is 1. The molecule has 0 fully saturated rings. The van der Waals surface area contributed by atoms with Crippen molar-refractivity contribution in [2.24, 2.45) is 0 Å². The van der Waals surface area contributed by atoms with Crippen LogP contribution >= 0.6 is 11.8 Å². The molecule has 0 saturated heterocycles. The van der Waals surface area contributed by atoms with Gasteiger partial charge in [0, 0.05) is 22.8 Å². The lowest BCUT2D eigenvalue weighted by atomic mass is 10.1. The van der Waals surface area contributed by atoms with Crippen molar-refractivity contribution < 1.29 is 9.53 Å². The minimum absolute atomic E-state index is 0.0703. The maximum absolute atomic E-state index is 12.4. The van der Waals surface area contributed by atoms with E-state index in [4.69, 9.17) is 4.74 Å². The van der Waals surface area contributed by atoms with Crippen molar-refractivity contribution >= 4 is 17.7 Å². The molecular weight excluding hydrogens is 354 g/mol. The highest BCUT2D eigenvalue weighted by Gasteiger charge is 2.06. The van der Waals surface area contributed by atoms with Crippen LogP contribution in [0, 0.1) is 0 Å². The van der Waals surface area contributed by atoms with Gasteiger partial charge in [-0.05, 0) is 54.4 Å². The summed E-state index contributed by atoms with van der Waals surface area (Å²) in [4.78, 5) is 13.6. The van der Waals surface area contributed by atoms with Crippen LogP contribution in [-0.4, -0.2) is 12.5 Å². The molecule has 0 aromatic heterocycles. The van der Waals surface area contributed by atoms with Gasteiger partial charge in [0.1, 0.15) is 5.75 Å². The van der Waals surface area contributed by atoms with Gasteiger partial charge in [-0.25, -0.2) is 0 Å². The molecule has 0 aliphatic carbocycles. The van der Waals surface area contributed by atoms with Gasteiger partial charge in [0.25, 0.3) is 5.91 Å². The Bertz CT molecular complexity index is 863. The number of thioether (sulfide) groups is 1. The van der Waals surface area contributed by atoms with Crippen LogP contribution in [0.2, 0.25) is 0 Å². The fraction of sp³-hybridized carbons (Fsp3) is 0.174. The normalized spacial score (nSPS) is 10.4. The second-order valence-corrected chi connectivity index (χ2v) is 7.11. The molecule has 27 heavy (non-hydrogen) atoms. The minimum atomic E-state index is -0.0703. The maximum atomic E-state index is 12.4. The van der Waals surface area contributed by atoms with Gasteiger partial charge in [-0.15, -0.1) is 11.8 Å². The van der Waals surface area contributed by atoms with Gasteiger partial charge in [-0.3, -0.25) is 4.79 Å². The van der Waals surface area contributed by atoms with E-state index < -0.39 is 0 Å². The number of rotatable bonds is 8. The number of benzene rings is 3. The van der Waals surface area contributed by atoms with Gasteiger partial charge in [-0.1, -0.05) is 42.5 Å². The first-order valence-corrected chi connectivity index (χ1v) is 10.00. The van der Waals surface area contributed by atoms with E-state index in [9.17, 15) is 4.79 Å². The third kappa shape index (κ3) is 5.90. The van der Waals surface area contributed by atoms with E-state index in [1.807, 2.05) is 73.7 Å². The molecular formula is C23H23NO2S. The molecule has 0 aliphatic rings. The largest absolute Gasteiger partial charge is 0.494 e. The van der Waals surface area contributed by atoms with Crippen LogP contribution in [0.1, 0.15) is 28.4 Å². The van der Waals surface area contributed by atoms with E-state index in [2.05, 4.69) is 17.4 Å². The number of carbonyl (C=O) groups is 1. The highest BCUT2D eigenvalue weighted by atomic mass is 32.2. The molecule has 4 heteroatoms. The summed E-state index contributed by atoms with van der Waals surface area (Å²) in [5.74, 6) is 1.64. The lowest BCUT2D eigenvalue weighted by Gasteiger charge is -2.08. The Labute approximate surface area is 164 Å². The number of amides is 1.